The Balaban J connectivity index is 2.19. The number of hydrogen-bond acceptors (Lipinski definition) is 1. The fraction of sp³-hybridized carbons (Fsp3) is 0.625. The van der Waals surface area contributed by atoms with Crippen molar-refractivity contribution in [2.24, 2.45) is 0 Å². The van der Waals surface area contributed by atoms with Gasteiger partial charge in [-0.25, -0.2) is 4.57 Å². The Kier molecular flexibility index (Phi) is 7.87. The van der Waals surface area contributed by atoms with Crippen LogP contribution in [-0.2, 0) is 11.3 Å². The first kappa shape index (κ1) is 15.7. The minimum Gasteiger partial charge on any atom is -0.343 e. The van der Waals surface area contributed by atoms with Gasteiger partial charge in [0.15, 0.2) is 12.4 Å². The van der Waals surface area contributed by atoms with Gasteiger partial charge < -0.3 is 4.90 Å². The van der Waals surface area contributed by atoms with Crippen LogP contribution in [0.3, 0.4) is 0 Å². The molecule has 3 heteroatoms. The van der Waals surface area contributed by atoms with Crippen molar-refractivity contribution in [3.05, 3.63) is 30.6 Å². The summed E-state index contributed by atoms with van der Waals surface area (Å²) in [5.74, 6) is 0.314. The lowest BCUT2D eigenvalue weighted by Gasteiger charge is -2.20. The summed E-state index contributed by atoms with van der Waals surface area (Å²) in [5.41, 5.74) is 0. The van der Waals surface area contributed by atoms with E-state index in [9.17, 15) is 4.79 Å². The Hall–Kier alpha value is -1.38. The third-order valence-electron chi connectivity index (χ3n) is 3.35. The Morgan fingerprint density at radius 2 is 1.79 bits per heavy atom. The Morgan fingerprint density at radius 3 is 2.42 bits per heavy atom. The van der Waals surface area contributed by atoms with Gasteiger partial charge in [0, 0.05) is 38.1 Å². The molecule has 106 valence electrons. The Bertz CT molecular complexity index is 351. The SMILES string of the molecule is CCCCN(CC)C(=O)CCCC[n+]1ccccc1. The molecule has 0 fully saturated rings. The molecular weight excluding hydrogens is 236 g/mol. The van der Waals surface area contributed by atoms with E-state index in [2.05, 4.69) is 30.8 Å². The van der Waals surface area contributed by atoms with Gasteiger partial charge in [0.25, 0.3) is 0 Å². The molecule has 0 N–H and O–H groups in total. The summed E-state index contributed by atoms with van der Waals surface area (Å²) >= 11 is 0. The van der Waals surface area contributed by atoms with Gasteiger partial charge >= 0.3 is 0 Å². The first-order valence-corrected chi connectivity index (χ1v) is 7.49. The van der Waals surface area contributed by atoms with Crippen LogP contribution in [0.5, 0.6) is 0 Å². The second-order valence-corrected chi connectivity index (χ2v) is 4.90. The first-order valence-electron chi connectivity index (χ1n) is 7.49. The third-order valence-corrected chi connectivity index (χ3v) is 3.35. The second kappa shape index (κ2) is 9.54. The van der Waals surface area contributed by atoms with E-state index in [0.717, 1.165) is 45.3 Å². The maximum Gasteiger partial charge on any atom is 0.222 e. The number of unbranched alkanes of at least 4 members (excludes halogenated alkanes) is 2. The summed E-state index contributed by atoms with van der Waals surface area (Å²) in [6, 6.07) is 6.09. The Morgan fingerprint density at radius 1 is 1.05 bits per heavy atom. The van der Waals surface area contributed by atoms with Crippen molar-refractivity contribution in [2.75, 3.05) is 13.1 Å². The number of carbonyl (C=O) groups is 1. The van der Waals surface area contributed by atoms with Gasteiger partial charge in [-0.3, -0.25) is 4.79 Å². The zero-order chi connectivity index (χ0) is 13.9. The fourth-order valence-corrected chi connectivity index (χ4v) is 2.12. The van der Waals surface area contributed by atoms with Crippen LogP contribution in [0.2, 0.25) is 0 Å². The molecule has 0 radical (unpaired) electrons. The topological polar surface area (TPSA) is 24.2 Å². The van der Waals surface area contributed by atoms with Crippen LogP contribution in [0.4, 0.5) is 0 Å². The maximum atomic E-state index is 12.0. The number of aryl methyl sites for hydroxylation is 1. The minimum absolute atomic E-state index is 0.314. The highest BCUT2D eigenvalue weighted by Gasteiger charge is 2.10. The van der Waals surface area contributed by atoms with Crippen molar-refractivity contribution >= 4 is 5.91 Å². The molecule has 0 atom stereocenters. The molecule has 0 bridgehead atoms. The predicted octanol–water partition coefficient (Wildman–Crippen LogP) is 2.79. The van der Waals surface area contributed by atoms with E-state index < -0.39 is 0 Å². The minimum atomic E-state index is 0.314. The summed E-state index contributed by atoms with van der Waals surface area (Å²) < 4.78 is 2.17. The second-order valence-electron chi connectivity index (χ2n) is 4.90. The van der Waals surface area contributed by atoms with E-state index in [1.807, 2.05) is 23.1 Å². The van der Waals surface area contributed by atoms with Crippen LogP contribution < -0.4 is 4.57 Å². The normalized spacial score (nSPS) is 10.4. The lowest BCUT2D eigenvalue weighted by Crippen LogP contribution is -2.33. The van der Waals surface area contributed by atoms with E-state index in [1.54, 1.807) is 0 Å². The van der Waals surface area contributed by atoms with E-state index >= 15 is 0 Å². The molecular formula is C16H27N2O+. The van der Waals surface area contributed by atoms with Gasteiger partial charge in [-0.1, -0.05) is 19.4 Å². The molecule has 0 aliphatic heterocycles. The van der Waals surface area contributed by atoms with Crippen LogP contribution >= 0.6 is 0 Å². The molecule has 19 heavy (non-hydrogen) atoms. The average molecular weight is 263 g/mol. The zero-order valence-electron chi connectivity index (χ0n) is 12.3. The van der Waals surface area contributed by atoms with Crippen LogP contribution in [0, 0.1) is 0 Å². The number of carbonyl (C=O) groups excluding carboxylic acids is 1. The van der Waals surface area contributed by atoms with E-state index in [1.165, 1.54) is 0 Å². The molecule has 1 rings (SSSR count). The van der Waals surface area contributed by atoms with Gasteiger partial charge in [-0.05, 0) is 19.8 Å². The zero-order valence-corrected chi connectivity index (χ0v) is 12.3. The summed E-state index contributed by atoms with van der Waals surface area (Å²) in [5, 5.41) is 0. The molecule has 0 aliphatic carbocycles. The molecule has 0 saturated carbocycles. The van der Waals surface area contributed by atoms with Crippen molar-refractivity contribution in [1.82, 2.24) is 4.90 Å². The third kappa shape index (κ3) is 6.37. The molecule has 0 unspecified atom stereocenters. The highest BCUT2D eigenvalue weighted by atomic mass is 16.2. The van der Waals surface area contributed by atoms with Crippen molar-refractivity contribution in [3.63, 3.8) is 0 Å². The quantitative estimate of drug-likeness (QED) is 0.496. The lowest BCUT2D eigenvalue weighted by molar-refractivity contribution is -0.697. The summed E-state index contributed by atoms with van der Waals surface area (Å²) in [6.07, 6.45) is 9.12. The van der Waals surface area contributed by atoms with Crippen molar-refractivity contribution in [2.45, 2.75) is 52.5 Å². The molecule has 3 nitrogen and oxygen atoms in total. The highest BCUT2D eigenvalue weighted by molar-refractivity contribution is 5.76. The smallest absolute Gasteiger partial charge is 0.222 e. The van der Waals surface area contributed by atoms with E-state index in [0.29, 0.717) is 12.3 Å². The maximum absolute atomic E-state index is 12.0. The lowest BCUT2D eigenvalue weighted by atomic mass is 10.2. The van der Waals surface area contributed by atoms with Crippen LogP contribution in [0.15, 0.2) is 30.6 Å². The summed E-state index contributed by atoms with van der Waals surface area (Å²) in [7, 11) is 0. The van der Waals surface area contributed by atoms with Crippen LogP contribution in [0.1, 0.15) is 46.0 Å². The molecule has 1 amide bonds. The van der Waals surface area contributed by atoms with Gasteiger partial charge in [0.1, 0.15) is 6.54 Å². The summed E-state index contributed by atoms with van der Waals surface area (Å²) in [6.45, 7) is 6.98. The van der Waals surface area contributed by atoms with Crippen molar-refractivity contribution in [3.8, 4) is 0 Å². The van der Waals surface area contributed by atoms with Crippen molar-refractivity contribution in [1.29, 1.82) is 0 Å². The molecule has 0 spiro atoms. The highest BCUT2D eigenvalue weighted by Crippen LogP contribution is 2.03. The largest absolute Gasteiger partial charge is 0.343 e. The molecule has 0 aliphatic rings. The number of rotatable bonds is 9. The number of hydrogen-bond donors (Lipinski definition) is 0. The van der Waals surface area contributed by atoms with Gasteiger partial charge in [0.2, 0.25) is 5.91 Å². The van der Waals surface area contributed by atoms with Gasteiger partial charge in [-0.15, -0.1) is 0 Å². The monoisotopic (exact) mass is 263 g/mol. The molecule has 1 aromatic heterocycles. The van der Waals surface area contributed by atoms with Gasteiger partial charge in [-0.2, -0.15) is 0 Å². The average Bonchev–Trinajstić information content (AvgIpc) is 2.45. The number of aromatic nitrogens is 1. The Labute approximate surface area is 117 Å². The summed E-state index contributed by atoms with van der Waals surface area (Å²) in [4.78, 5) is 14.0. The molecule has 1 heterocycles. The van der Waals surface area contributed by atoms with Gasteiger partial charge in [0.05, 0.1) is 0 Å². The van der Waals surface area contributed by atoms with E-state index in [-0.39, 0.29) is 0 Å². The number of amides is 1. The standard InChI is InChI=1S/C16H27N2O/c1-3-5-15-18(4-2)16(19)11-7-10-14-17-12-8-6-9-13-17/h6,8-9,12-13H,3-5,7,10-11,14-15H2,1-2H3/q+1. The number of pyridine rings is 1. The predicted molar refractivity (Wildman–Crippen MR) is 77.7 cm³/mol. The van der Waals surface area contributed by atoms with Crippen molar-refractivity contribution < 1.29 is 9.36 Å². The van der Waals surface area contributed by atoms with Crippen LogP contribution in [0.25, 0.3) is 0 Å². The fourth-order valence-electron chi connectivity index (χ4n) is 2.12. The van der Waals surface area contributed by atoms with E-state index in [4.69, 9.17) is 0 Å². The first-order chi connectivity index (χ1) is 9.27. The molecule has 1 aromatic rings. The molecule has 0 aromatic carbocycles. The molecule has 0 saturated heterocycles. The number of nitrogens with zero attached hydrogens (tertiary/aromatic N) is 2. The van der Waals surface area contributed by atoms with Crippen LogP contribution in [-0.4, -0.2) is 23.9 Å².